The number of fused-ring (bicyclic) bond motifs is 1. The molecule has 6 heteroatoms. The lowest BCUT2D eigenvalue weighted by molar-refractivity contribution is 0.0601. The number of carbonyl (C=O) groups is 1. The molecular formula is C39H38Cl2FNO2. The van der Waals surface area contributed by atoms with Gasteiger partial charge in [-0.05, 0) is 119 Å². The minimum Gasteiger partial charge on any atom is -0.465 e. The molecule has 1 fully saturated rings. The number of nitrogens with zero attached hydrogens (tertiary/aromatic N) is 1. The van der Waals surface area contributed by atoms with Crippen LogP contribution in [0, 0.1) is 5.92 Å². The van der Waals surface area contributed by atoms with Crippen LogP contribution in [-0.2, 0) is 17.6 Å². The van der Waals surface area contributed by atoms with Crippen molar-refractivity contribution in [1.82, 2.24) is 4.90 Å². The average molecular weight is 643 g/mol. The fourth-order valence-corrected chi connectivity index (χ4v) is 7.54. The lowest BCUT2D eigenvalue weighted by Gasteiger charge is -2.19. The number of rotatable bonds is 9. The number of aryl methyl sites for hydroxylation is 1. The van der Waals surface area contributed by atoms with Gasteiger partial charge in [-0.3, -0.25) is 4.39 Å². The van der Waals surface area contributed by atoms with Gasteiger partial charge in [0.05, 0.1) is 19.3 Å². The van der Waals surface area contributed by atoms with E-state index in [1.54, 1.807) is 0 Å². The Kier molecular flexibility index (Phi) is 10.0. The van der Waals surface area contributed by atoms with Crippen LogP contribution in [0.2, 0.25) is 10.0 Å². The Hall–Kier alpha value is -3.44. The first-order chi connectivity index (χ1) is 21.9. The summed E-state index contributed by atoms with van der Waals surface area (Å²) in [7, 11) is 1.42. The molecule has 232 valence electrons. The lowest BCUT2D eigenvalue weighted by Crippen LogP contribution is -2.22. The van der Waals surface area contributed by atoms with Crippen LogP contribution < -0.4 is 0 Å². The molecule has 1 heterocycles. The second-order valence-electron chi connectivity index (χ2n) is 12.1. The van der Waals surface area contributed by atoms with Gasteiger partial charge in [-0.15, -0.1) is 0 Å². The number of allylic oxidation sites excluding steroid dienone is 1. The van der Waals surface area contributed by atoms with Crippen molar-refractivity contribution in [2.45, 2.75) is 38.5 Å². The van der Waals surface area contributed by atoms with Crippen LogP contribution >= 0.6 is 23.2 Å². The molecule has 0 unspecified atom stereocenters. The lowest BCUT2D eigenvalue weighted by atomic mass is 9.86. The van der Waals surface area contributed by atoms with Crippen LogP contribution in [0.3, 0.4) is 0 Å². The Labute approximate surface area is 275 Å². The Morgan fingerprint density at radius 3 is 2.47 bits per heavy atom. The van der Waals surface area contributed by atoms with Crippen molar-refractivity contribution >= 4 is 40.3 Å². The molecule has 0 spiro atoms. The highest BCUT2D eigenvalue weighted by Gasteiger charge is 2.25. The van der Waals surface area contributed by atoms with Crippen molar-refractivity contribution in [3.05, 3.63) is 128 Å². The number of ether oxygens (including phenoxy) is 1. The van der Waals surface area contributed by atoms with Crippen LogP contribution in [0.4, 0.5) is 4.39 Å². The van der Waals surface area contributed by atoms with Gasteiger partial charge in [-0.2, -0.15) is 0 Å². The van der Waals surface area contributed by atoms with Crippen molar-refractivity contribution < 1.29 is 13.9 Å². The zero-order valence-corrected chi connectivity index (χ0v) is 27.1. The Balaban J connectivity index is 1.39. The van der Waals surface area contributed by atoms with Gasteiger partial charge in [0.15, 0.2) is 0 Å². The van der Waals surface area contributed by atoms with E-state index >= 15 is 0 Å². The first-order valence-corrected chi connectivity index (χ1v) is 16.6. The third-order valence-corrected chi connectivity index (χ3v) is 9.74. The highest BCUT2D eigenvalue weighted by Crippen LogP contribution is 2.43. The largest absolute Gasteiger partial charge is 0.465 e. The van der Waals surface area contributed by atoms with Crippen LogP contribution in [0.15, 0.2) is 84.9 Å². The van der Waals surface area contributed by atoms with E-state index < -0.39 is 0 Å². The molecule has 4 aromatic carbocycles. The predicted molar refractivity (Wildman–Crippen MR) is 184 cm³/mol. The SMILES string of the molecule is COC(=O)c1ccccc1-c1ccc2c(c1)CCCC(c1ccc(Cl)cc1Cl)=C2c1ccc(C[C@H]2CCN(CCCF)C2)cc1. The van der Waals surface area contributed by atoms with E-state index in [2.05, 4.69) is 47.4 Å². The maximum absolute atomic E-state index is 12.7. The number of benzene rings is 4. The van der Waals surface area contributed by atoms with E-state index in [-0.39, 0.29) is 12.6 Å². The number of esters is 1. The summed E-state index contributed by atoms with van der Waals surface area (Å²) >= 11 is 13.2. The predicted octanol–water partition coefficient (Wildman–Crippen LogP) is 9.97. The molecule has 45 heavy (non-hydrogen) atoms. The smallest absolute Gasteiger partial charge is 0.338 e. The van der Waals surface area contributed by atoms with Crippen molar-refractivity contribution in [2.24, 2.45) is 5.92 Å². The second-order valence-corrected chi connectivity index (χ2v) is 13.0. The number of methoxy groups -OCH3 is 1. The molecule has 0 bridgehead atoms. The standard InChI is InChI=1S/C39H38Cl2FNO2/c1-45-39(44)36-8-3-2-7-32(36)30-14-16-33-29(23-30)6-4-9-35(34-17-15-31(40)24-37(34)41)38(33)28-12-10-26(11-13-28)22-27-18-21-43(25-27)20-5-19-42/h2-3,7-8,10-17,23-24,27H,4-6,9,18-22,25H2,1H3/t27-/m1/s1. The molecule has 0 N–H and O–H groups in total. The number of likely N-dealkylation sites (tertiary alicyclic amines) is 1. The molecule has 0 radical (unpaired) electrons. The number of hydrogen-bond acceptors (Lipinski definition) is 3. The third kappa shape index (κ3) is 7.04. The molecule has 0 saturated carbocycles. The normalized spacial score (nSPS) is 16.8. The number of carbonyl (C=O) groups excluding carboxylic acids is 1. The zero-order chi connectivity index (χ0) is 31.3. The summed E-state index contributed by atoms with van der Waals surface area (Å²) in [5.74, 6) is 0.258. The maximum Gasteiger partial charge on any atom is 0.338 e. The maximum atomic E-state index is 12.7. The summed E-state index contributed by atoms with van der Waals surface area (Å²) in [5.41, 5.74) is 10.7. The molecule has 0 aromatic heterocycles. The first kappa shape index (κ1) is 31.5. The van der Waals surface area contributed by atoms with E-state index in [1.807, 2.05) is 42.5 Å². The summed E-state index contributed by atoms with van der Waals surface area (Å²) in [6.07, 6.45) is 5.55. The number of halogens is 3. The van der Waals surface area contributed by atoms with Gasteiger partial charge in [0.25, 0.3) is 0 Å². The summed E-state index contributed by atoms with van der Waals surface area (Å²) in [4.78, 5) is 15.0. The van der Waals surface area contributed by atoms with Crippen molar-refractivity contribution in [3.63, 3.8) is 0 Å². The van der Waals surface area contributed by atoms with E-state index in [1.165, 1.54) is 34.9 Å². The van der Waals surface area contributed by atoms with Gasteiger partial charge in [0.2, 0.25) is 0 Å². The monoisotopic (exact) mass is 641 g/mol. The highest BCUT2D eigenvalue weighted by molar-refractivity contribution is 6.36. The zero-order valence-electron chi connectivity index (χ0n) is 25.6. The molecule has 0 amide bonds. The van der Waals surface area contributed by atoms with Crippen LogP contribution in [0.1, 0.15) is 63.9 Å². The minimum atomic E-state index is -0.342. The van der Waals surface area contributed by atoms with Crippen LogP contribution in [0.5, 0.6) is 0 Å². The topological polar surface area (TPSA) is 29.5 Å². The molecule has 1 saturated heterocycles. The summed E-state index contributed by atoms with van der Waals surface area (Å²) in [6.45, 7) is 2.71. The first-order valence-electron chi connectivity index (χ1n) is 15.8. The molecule has 6 rings (SSSR count). The minimum absolute atomic E-state index is 0.243. The number of alkyl halides is 1. The summed E-state index contributed by atoms with van der Waals surface area (Å²) in [6, 6.07) is 28.9. The highest BCUT2D eigenvalue weighted by atomic mass is 35.5. The van der Waals surface area contributed by atoms with Gasteiger partial charge >= 0.3 is 5.97 Å². The Morgan fingerprint density at radius 2 is 1.69 bits per heavy atom. The molecule has 2 aliphatic rings. The molecule has 1 aliphatic carbocycles. The summed E-state index contributed by atoms with van der Waals surface area (Å²) < 4.78 is 17.7. The Morgan fingerprint density at radius 1 is 0.911 bits per heavy atom. The fraction of sp³-hybridized carbons (Fsp3) is 0.308. The van der Waals surface area contributed by atoms with Gasteiger partial charge in [0, 0.05) is 23.1 Å². The van der Waals surface area contributed by atoms with Gasteiger partial charge in [0.1, 0.15) is 0 Å². The van der Waals surface area contributed by atoms with E-state index in [0.29, 0.717) is 27.9 Å². The van der Waals surface area contributed by atoms with Crippen molar-refractivity contribution in [3.8, 4) is 11.1 Å². The van der Waals surface area contributed by atoms with Gasteiger partial charge in [-0.1, -0.05) is 89.9 Å². The molecule has 1 aliphatic heterocycles. The fourth-order valence-electron chi connectivity index (χ4n) is 7.02. The quantitative estimate of drug-likeness (QED) is 0.170. The Bertz CT molecular complexity index is 1710. The molecular weight excluding hydrogens is 604 g/mol. The molecule has 1 atom stereocenters. The van der Waals surface area contributed by atoms with Crippen molar-refractivity contribution in [1.29, 1.82) is 0 Å². The van der Waals surface area contributed by atoms with E-state index in [9.17, 15) is 9.18 Å². The van der Waals surface area contributed by atoms with Gasteiger partial charge in [-0.25, -0.2) is 4.79 Å². The van der Waals surface area contributed by atoms with E-state index in [0.717, 1.165) is 74.0 Å². The second kappa shape index (κ2) is 14.3. The van der Waals surface area contributed by atoms with E-state index in [4.69, 9.17) is 27.9 Å². The third-order valence-electron chi connectivity index (χ3n) is 9.19. The van der Waals surface area contributed by atoms with Crippen LogP contribution in [-0.4, -0.2) is 44.3 Å². The summed E-state index contributed by atoms with van der Waals surface area (Å²) in [5, 5.41) is 1.27. The van der Waals surface area contributed by atoms with Gasteiger partial charge < -0.3 is 9.64 Å². The number of hydrogen-bond donors (Lipinski definition) is 0. The molecule has 4 aromatic rings. The average Bonchev–Trinajstić information content (AvgIpc) is 3.42. The van der Waals surface area contributed by atoms with Crippen LogP contribution in [0.25, 0.3) is 22.3 Å². The van der Waals surface area contributed by atoms with Crippen molar-refractivity contribution in [2.75, 3.05) is 33.4 Å². The molecule has 3 nitrogen and oxygen atoms in total.